The highest BCUT2D eigenvalue weighted by Gasteiger charge is 2.05. The molecule has 0 unspecified atom stereocenters. The molecule has 3 nitrogen and oxygen atoms in total. The largest absolute Gasteiger partial charge is 0.478 e. The molecule has 0 radical (unpaired) electrons. The van der Waals surface area contributed by atoms with E-state index < -0.39 is 5.97 Å². The molecule has 3 aromatic rings. The van der Waals surface area contributed by atoms with Crippen LogP contribution in [0.3, 0.4) is 0 Å². The number of benzene rings is 2. The summed E-state index contributed by atoms with van der Waals surface area (Å²) in [6.07, 6.45) is 7.61. The van der Waals surface area contributed by atoms with Gasteiger partial charge in [-0.05, 0) is 66.1 Å². The van der Waals surface area contributed by atoms with Gasteiger partial charge in [0.25, 0.3) is 0 Å². The van der Waals surface area contributed by atoms with E-state index in [9.17, 15) is 4.79 Å². The molecule has 126 valence electrons. The number of rotatable bonds is 7. The third-order valence-electron chi connectivity index (χ3n) is 4.41. The van der Waals surface area contributed by atoms with Crippen molar-refractivity contribution in [3.05, 3.63) is 101 Å². The first-order valence-electron chi connectivity index (χ1n) is 8.50. The van der Waals surface area contributed by atoms with Gasteiger partial charge in [0.15, 0.2) is 0 Å². The summed E-state index contributed by atoms with van der Waals surface area (Å²) in [5.74, 6) is -0.887. The number of aromatic nitrogens is 1. The van der Waals surface area contributed by atoms with Crippen molar-refractivity contribution >= 4 is 5.97 Å². The normalized spacial score (nSPS) is 10.6. The number of aryl methyl sites for hydroxylation is 4. The Balaban J connectivity index is 1.63. The van der Waals surface area contributed by atoms with Gasteiger partial charge in [0.1, 0.15) is 0 Å². The Bertz CT molecular complexity index is 826. The fourth-order valence-electron chi connectivity index (χ4n) is 2.94. The number of hydrogen-bond acceptors (Lipinski definition) is 2. The lowest BCUT2D eigenvalue weighted by molar-refractivity contribution is 0.0697. The average Bonchev–Trinajstić information content (AvgIpc) is 2.66. The standard InChI is InChI=1S/C22H21NO2/c24-22(25)20-11-7-18(8-12-20)9-13-21-16-23-15-14-19(21)10-6-17-4-2-1-3-5-17/h1-5,7-8,11-12,14-16H,6,9-10,13H2,(H,24,25). The second-order valence-electron chi connectivity index (χ2n) is 6.13. The minimum atomic E-state index is -0.887. The van der Waals surface area contributed by atoms with Crippen LogP contribution in [0.1, 0.15) is 32.6 Å². The van der Waals surface area contributed by atoms with Crippen molar-refractivity contribution < 1.29 is 9.90 Å². The van der Waals surface area contributed by atoms with Crippen molar-refractivity contribution in [2.75, 3.05) is 0 Å². The number of pyridine rings is 1. The van der Waals surface area contributed by atoms with Crippen LogP contribution in [0.25, 0.3) is 0 Å². The number of carboxylic acids is 1. The summed E-state index contributed by atoms with van der Waals surface area (Å²) in [5, 5.41) is 8.96. The summed E-state index contributed by atoms with van der Waals surface area (Å²) in [6, 6.07) is 19.7. The number of aromatic carboxylic acids is 1. The average molecular weight is 331 g/mol. The van der Waals surface area contributed by atoms with Crippen LogP contribution >= 0.6 is 0 Å². The molecular weight excluding hydrogens is 310 g/mol. The summed E-state index contributed by atoms with van der Waals surface area (Å²) in [6.45, 7) is 0. The minimum Gasteiger partial charge on any atom is -0.478 e. The third-order valence-corrected chi connectivity index (χ3v) is 4.41. The summed E-state index contributed by atoms with van der Waals surface area (Å²) in [4.78, 5) is 15.2. The quantitative estimate of drug-likeness (QED) is 0.700. The lowest BCUT2D eigenvalue weighted by atomic mass is 9.97. The molecule has 0 bridgehead atoms. The molecule has 0 amide bonds. The fourth-order valence-corrected chi connectivity index (χ4v) is 2.94. The van der Waals surface area contributed by atoms with Crippen LogP contribution in [0.2, 0.25) is 0 Å². The van der Waals surface area contributed by atoms with E-state index in [-0.39, 0.29) is 0 Å². The summed E-state index contributed by atoms with van der Waals surface area (Å²) < 4.78 is 0. The van der Waals surface area contributed by atoms with E-state index >= 15 is 0 Å². The summed E-state index contributed by atoms with van der Waals surface area (Å²) >= 11 is 0. The zero-order valence-corrected chi connectivity index (χ0v) is 14.1. The number of carbonyl (C=O) groups is 1. The Morgan fingerprint density at radius 1 is 0.760 bits per heavy atom. The molecular formula is C22H21NO2. The van der Waals surface area contributed by atoms with Crippen LogP contribution in [-0.4, -0.2) is 16.1 Å². The maximum atomic E-state index is 10.9. The number of hydrogen-bond donors (Lipinski definition) is 1. The molecule has 0 aliphatic rings. The molecule has 0 atom stereocenters. The first kappa shape index (κ1) is 16.9. The minimum absolute atomic E-state index is 0.327. The van der Waals surface area contributed by atoms with Gasteiger partial charge in [0.2, 0.25) is 0 Å². The van der Waals surface area contributed by atoms with Crippen molar-refractivity contribution in [3.8, 4) is 0 Å². The Morgan fingerprint density at radius 2 is 1.40 bits per heavy atom. The predicted octanol–water partition coefficient (Wildman–Crippen LogP) is 4.35. The van der Waals surface area contributed by atoms with Crippen LogP contribution < -0.4 is 0 Å². The van der Waals surface area contributed by atoms with Gasteiger partial charge >= 0.3 is 5.97 Å². The van der Waals surface area contributed by atoms with Gasteiger partial charge in [0.05, 0.1) is 5.56 Å². The molecule has 1 heterocycles. The molecule has 1 N–H and O–H groups in total. The van der Waals surface area contributed by atoms with Gasteiger partial charge in [-0.1, -0.05) is 42.5 Å². The van der Waals surface area contributed by atoms with Crippen LogP contribution in [0.5, 0.6) is 0 Å². The monoisotopic (exact) mass is 331 g/mol. The van der Waals surface area contributed by atoms with Gasteiger partial charge in [-0.25, -0.2) is 4.79 Å². The van der Waals surface area contributed by atoms with Crippen molar-refractivity contribution in [2.45, 2.75) is 25.7 Å². The molecule has 0 saturated carbocycles. The Morgan fingerprint density at radius 3 is 2.08 bits per heavy atom. The molecule has 1 aromatic heterocycles. The van der Waals surface area contributed by atoms with E-state index in [1.54, 1.807) is 12.1 Å². The highest BCUT2D eigenvalue weighted by atomic mass is 16.4. The van der Waals surface area contributed by atoms with Crippen LogP contribution in [0.15, 0.2) is 73.1 Å². The van der Waals surface area contributed by atoms with Crippen LogP contribution in [0, 0.1) is 0 Å². The molecule has 3 heteroatoms. The maximum Gasteiger partial charge on any atom is 0.335 e. The van der Waals surface area contributed by atoms with Crippen molar-refractivity contribution in [1.29, 1.82) is 0 Å². The van der Waals surface area contributed by atoms with Gasteiger partial charge in [-0.15, -0.1) is 0 Å². The van der Waals surface area contributed by atoms with E-state index in [1.165, 1.54) is 16.7 Å². The first-order chi connectivity index (χ1) is 12.2. The van der Waals surface area contributed by atoms with Crippen molar-refractivity contribution in [3.63, 3.8) is 0 Å². The van der Waals surface area contributed by atoms with E-state index in [0.717, 1.165) is 31.2 Å². The highest BCUT2D eigenvalue weighted by molar-refractivity contribution is 5.87. The van der Waals surface area contributed by atoms with Gasteiger partial charge in [-0.3, -0.25) is 4.98 Å². The fraction of sp³-hybridized carbons (Fsp3) is 0.182. The highest BCUT2D eigenvalue weighted by Crippen LogP contribution is 2.15. The van der Waals surface area contributed by atoms with E-state index in [2.05, 4.69) is 35.3 Å². The van der Waals surface area contributed by atoms with Gasteiger partial charge < -0.3 is 5.11 Å². The molecule has 0 aliphatic heterocycles. The Labute approximate surface area is 148 Å². The summed E-state index contributed by atoms with van der Waals surface area (Å²) in [5.41, 5.74) is 5.41. The Kier molecular flexibility index (Phi) is 5.57. The topological polar surface area (TPSA) is 50.2 Å². The number of carboxylic acid groups (broad SMARTS) is 1. The second-order valence-corrected chi connectivity index (χ2v) is 6.13. The molecule has 0 aliphatic carbocycles. The van der Waals surface area contributed by atoms with E-state index in [4.69, 9.17) is 5.11 Å². The third kappa shape index (κ3) is 4.77. The molecule has 25 heavy (non-hydrogen) atoms. The lowest BCUT2D eigenvalue weighted by Crippen LogP contribution is -2.01. The van der Waals surface area contributed by atoms with E-state index in [1.807, 2.05) is 30.6 Å². The van der Waals surface area contributed by atoms with Crippen molar-refractivity contribution in [2.24, 2.45) is 0 Å². The predicted molar refractivity (Wildman–Crippen MR) is 98.9 cm³/mol. The molecule has 2 aromatic carbocycles. The molecule has 0 saturated heterocycles. The summed E-state index contributed by atoms with van der Waals surface area (Å²) in [7, 11) is 0. The molecule has 0 fully saturated rings. The SMILES string of the molecule is O=C(O)c1ccc(CCc2cnccc2CCc2ccccc2)cc1. The zero-order chi connectivity index (χ0) is 17.5. The van der Waals surface area contributed by atoms with Gasteiger partial charge in [0, 0.05) is 12.4 Å². The number of nitrogens with zero attached hydrogens (tertiary/aromatic N) is 1. The first-order valence-corrected chi connectivity index (χ1v) is 8.50. The lowest BCUT2D eigenvalue weighted by Gasteiger charge is -2.09. The second kappa shape index (κ2) is 8.25. The Hall–Kier alpha value is -2.94. The van der Waals surface area contributed by atoms with Crippen LogP contribution in [-0.2, 0) is 25.7 Å². The zero-order valence-electron chi connectivity index (χ0n) is 14.1. The van der Waals surface area contributed by atoms with Crippen molar-refractivity contribution in [1.82, 2.24) is 4.98 Å². The maximum absolute atomic E-state index is 10.9. The molecule has 0 spiro atoms. The van der Waals surface area contributed by atoms with Crippen LogP contribution in [0.4, 0.5) is 0 Å². The van der Waals surface area contributed by atoms with E-state index in [0.29, 0.717) is 5.56 Å². The molecule has 3 rings (SSSR count). The smallest absolute Gasteiger partial charge is 0.335 e. The van der Waals surface area contributed by atoms with Gasteiger partial charge in [-0.2, -0.15) is 0 Å².